The molecule has 1 unspecified atom stereocenters. The van der Waals surface area contributed by atoms with Crippen LogP contribution in [0.1, 0.15) is 47.4 Å². The van der Waals surface area contributed by atoms with Crippen LogP contribution in [0.3, 0.4) is 0 Å². The van der Waals surface area contributed by atoms with Gasteiger partial charge >= 0.3 is 0 Å². The van der Waals surface area contributed by atoms with E-state index in [0.29, 0.717) is 17.9 Å². The van der Waals surface area contributed by atoms with Crippen molar-refractivity contribution in [1.29, 1.82) is 0 Å². The number of hydrogen-bond donors (Lipinski definition) is 1. The fourth-order valence-corrected chi connectivity index (χ4v) is 3.03. The van der Waals surface area contributed by atoms with Crippen molar-refractivity contribution < 1.29 is 9.53 Å². The summed E-state index contributed by atoms with van der Waals surface area (Å²) in [7, 11) is 1.95. The molecule has 1 heterocycles. The molecule has 0 saturated heterocycles. The summed E-state index contributed by atoms with van der Waals surface area (Å²) in [5, 5.41) is 7.45. The first-order valence-corrected chi connectivity index (χ1v) is 7.74. The van der Waals surface area contributed by atoms with Crippen molar-refractivity contribution in [1.82, 2.24) is 15.1 Å². The molecule has 0 spiro atoms. The number of carbonyl (C=O) groups is 1. The summed E-state index contributed by atoms with van der Waals surface area (Å²) in [5.41, 5.74) is 2.94. The minimum atomic E-state index is -0.0919. The summed E-state index contributed by atoms with van der Waals surface area (Å²) in [6.07, 6.45) is 4.90. The van der Waals surface area contributed by atoms with Crippen LogP contribution < -0.4 is 10.1 Å². The predicted octanol–water partition coefficient (Wildman–Crippen LogP) is 2.63. The molecule has 0 radical (unpaired) electrons. The second-order valence-electron chi connectivity index (χ2n) is 5.52. The largest absolute Gasteiger partial charge is 0.493 e. The van der Waals surface area contributed by atoms with Crippen molar-refractivity contribution in [3.05, 3.63) is 47.3 Å². The topological polar surface area (TPSA) is 56.1 Å². The van der Waals surface area contributed by atoms with E-state index in [0.717, 1.165) is 24.8 Å². The number of aromatic nitrogens is 2. The minimum absolute atomic E-state index is 0.0274. The molecule has 22 heavy (non-hydrogen) atoms. The molecule has 1 atom stereocenters. The quantitative estimate of drug-likeness (QED) is 0.944. The first-order chi connectivity index (χ1) is 10.7. The van der Waals surface area contributed by atoms with Gasteiger partial charge in [0.2, 0.25) is 0 Å². The van der Waals surface area contributed by atoms with E-state index in [9.17, 15) is 4.79 Å². The fourth-order valence-electron chi connectivity index (χ4n) is 3.03. The molecule has 0 saturated carbocycles. The maximum atomic E-state index is 12.6. The zero-order chi connectivity index (χ0) is 15.5. The molecule has 0 bridgehead atoms. The summed E-state index contributed by atoms with van der Waals surface area (Å²) in [6.45, 7) is 2.46. The number of fused-ring (bicyclic) bond motifs is 1. The van der Waals surface area contributed by atoms with Crippen molar-refractivity contribution in [3.63, 3.8) is 0 Å². The Bertz CT molecular complexity index is 678. The summed E-state index contributed by atoms with van der Waals surface area (Å²) >= 11 is 0. The first kappa shape index (κ1) is 14.6. The Labute approximate surface area is 130 Å². The maximum Gasteiger partial charge on any atom is 0.255 e. The molecule has 1 aromatic carbocycles. The van der Waals surface area contributed by atoms with E-state index >= 15 is 0 Å². The molecule has 5 heteroatoms. The Kier molecular flexibility index (Phi) is 4.13. The number of para-hydroxylation sites is 1. The third-order valence-electron chi connectivity index (χ3n) is 4.11. The molecule has 5 nitrogen and oxygen atoms in total. The first-order valence-electron chi connectivity index (χ1n) is 7.74. The van der Waals surface area contributed by atoms with E-state index in [-0.39, 0.29) is 11.9 Å². The van der Waals surface area contributed by atoms with Crippen LogP contribution >= 0.6 is 0 Å². The van der Waals surface area contributed by atoms with Crippen LogP contribution in [0.15, 0.2) is 30.5 Å². The second-order valence-corrected chi connectivity index (χ2v) is 5.52. The fraction of sp³-hybridized carbons (Fsp3) is 0.412. The minimum Gasteiger partial charge on any atom is -0.493 e. The van der Waals surface area contributed by atoms with Crippen molar-refractivity contribution in [3.8, 4) is 5.75 Å². The van der Waals surface area contributed by atoms with E-state index < -0.39 is 0 Å². The van der Waals surface area contributed by atoms with E-state index in [1.807, 2.05) is 43.0 Å². The lowest BCUT2D eigenvalue weighted by molar-refractivity contribution is 0.0929. The van der Waals surface area contributed by atoms with Gasteiger partial charge in [-0.1, -0.05) is 12.1 Å². The van der Waals surface area contributed by atoms with Crippen LogP contribution in [-0.2, 0) is 13.5 Å². The van der Waals surface area contributed by atoms with Gasteiger partial charge in [-0.15, -0.1) is 0 Å². The second kappa shape index (κ2) is 6.22. The summed E-state index contributed by atoms with van der Waals surface area (Å²) in [6, 6.07) is 7.39. The molecule has 1 amide bonds. The van der Waals surface area contributed by atoms with Gasteiger partial charge in [0.1, 0.15) is 5.75 Å². The summed E-state index contributed by atoms with van der Waals surface area (Å²) in [4.78, 5) is 12.6. The Balaban J connectivity index is 1.81. The van der Waals surface area contributed by atoms with Crippen molar-refractivity contribution in [2.24, 2.45) is 7.05 Å². The van der Waals surface area contributed by atoms with Gasteiger partial charge in [0, 0.05) is 18.3 Å². The van der Waals surface area contributed by atoms with E-state index in [4.69, 9.17) is 4.74 Å². The lowest BCUT2D eigenvalue weighted by Gasteiger charge is -2.24. The standard InChI is InChI=1S/C17H21N3O2/c1-3-22-16-10-5-4-7-12(16)17(21)19-14-8-6-9-15-13(14)11-18-20(15)2/h4-5,7,10-11,14H,3,6,8-9H2,1-2H3,(H,19,21). The Morgan fingerprint density at radius 3 is 3.09 bits per heavy atom. The number of benzene rings is 1. The molecule has 116 valence electrons. The van der Waals surface area contributed by atoms with Crippen LogP contribution in [-0.4, -0.2) is 22.3 Å². The number of nitrogens with zero attached hydrogens (tertiary/aromatic N) is 2. The number of ether oxygens (including phenoxy) is 1. The molecule has 2 aromatic rings. The van der Waals surface area contributed by atoms with Gasteiger partial charge in [0.05, 0.1) is 24.4 Å². The molecule has 0 fully saturated rings. The van der Waals surface area contributed by atoms with E-state index in [1.165, 1.54) is 5.69 Å². The SMILES string of the molecule is CCOc1ccccc1C(=O)NC1CCCc2c1cnn2C. The van der Waals surface area contributed by atoms with Crippen LogP contribution in [0.5, 0.6) is 5.75 Å². The molecule has 1 aliphatic rings. The average molecular weight is 299 g/mol. The number of carbonyl (C=O) groups excluding carboxylic acids is 1. The predicted molar refractivity (Wildman–Crippen MR) is 84.0 cm³/mol. The van der Waals surface area contributed by atoms with Crippen molar-refractivity contribution in [2.75, 3.05) is 6.61 Å². The zero-order valence-electron chi connectivity index (χ0n) is 13.0. The highest BCUT2D eigenvalue weighted by molar-refractivity contribution is 5.97. The van der Waals surface area contributed by atoms with Gasteiger partial charge in [-0.2, -0.15) is 5.10 Å². The molecular weight excluding hydrogens is 278 g/mol. The molecule has 1 aromatic heterocycles. The van der Waals surface area contributed by atoms with Crippen molar-refractivity contribution in [2.45, 2.75) is 32.2 Å². The molecule has 1 N–H and O–H groups in total. The Hall–Kier alpha value is -2.30. The Morgan fingerprint density at radius 1 is 1.45 bits per heavy atom. The normalized spacial score (nSPS) is 16.9. The number of aryl methyl sites for hydroxylation is 1. The number of amides is 1. The van der Waals surface area contributed by atoms with Gasteiger partial charge in [-0.3, -0.25) is 9.48 Å². The third-order valence-corrected chi connectivity index (χ3v) is 4.11. The van der Waals surface area contributed by atoms with Gasteiger partial charge < -0.3 is 10.1 Å². The number of rotatable bonds is 4. The lowest BCUT2D eigenvalue weighted by Crippen LogP contribution is -2.31. The number of nitrogens with one attached hydrogen (secondary N) is 1. The smallest absolute Gasteiger partial charge is 0.255 e. The molecule has 3 rings (SSSR count). The monoisotopic (exact) mass is 299 g/mol. The zero-order valence-corrected chi connectivity index (χ0v) is 13.0. The average Bonchev–Trinajstić information content (AvgIpc) is 2.91. The van der Waals surface area contributed by atoms with Gasteiger partial charge in [-0.25, -0.2) is 0 Å². The summed E-state index contributed by atoms with van der Waals surface area (Å²) in [5.74, 6) is 0.537. The highest BCUT2D eigenvalue weighted by Crippen LogP contribution is 2.30. The lowest BCUT2D eigenvalue weighted by atomic mass is 9.92. The van der Waals surface area contributed by atoms with E-state index in [1.54, 1.807) is 6.07 Å². The van der Waals surface area contributed by atoms with E-state index in [2.05, 4.69) is 10.4 Å². The van der Waals surface area contributed by atoms with Crippen LogP contribution in [0.4, 0.5) is 0 Å². The summed E-state index contributed by atoms with van der Waals surface area (Å²) < 4.78 is 7.45. The highest BCUT2D eigenvalue weighted by atomic mass is 16.5. The van der Waals surface area contributed by atoms with Crippen molar-refractivity contribution >= 4 is 5.91 Å². The maximum absolute atomic E-state index is 12.6. The molecular formula is C17H21N3O2. The van der Waals surface area contributed by atoms with Gasteiger partial charge in [0.25, 0.3) is 5.91 Å². The van der Waals surface area contributed by atoms with Gasteiger partial charge in [0.15, 0.2) is 0 Å². The number of hydrogen-bond acceptors (Lipinski definition) is 3. The molecule has 1 aliphatic carbocycles. The molecule has 0 aliphatic heterocycles. The third kappa shape index (κ3) is 2.71. The van der Waals surface area contributed by atoms with Crippen LogP contribution in [0.2, 0.25) is 0 Å². The van der Waals surface area contributed by atoms with Crippen LogP contribution in [0.25, 0.3) is 0 Å². The highest BCUT2D eigenvalue weighted by Gasteiger charge is 2.25. The Morgan fingerprint density at radius 2 is 2.27 bits per heavy atom. The van der Waals surface area contributed by atoms with Crippen LogP contribution in [0, 0.1) is 0 Å². The van der Waals surface area contributed by atoms with Gasteiger partial charge in [-0.05, 0) is 38.3 Å².